The molecule has 0 spiro atoms. The summed E-state index contributed by atoms with van der Waals surface area (Å²) in [5, 5.41) is 3.20. The van der Waals surface area contributed by atoms with Gasteiger partial charge in [0.05, 0.1) is 0 Å². The van der Waals surface area contributed by atoms with E-state index in [-0.39, 0.29) is 0 Å². The highest BCUT2D eigenvalue weighted by Gasteiger charge is 2.24. The minimum Gasteiger partial charge on any atom is -0.373 e. The lowest BCUT2D eigenvalue weighted by atomic mass is 10.0. The first kappa shape index (κ1) is 11.9. The van der Waals surface area contributed by atoms with Crippen LogP contribution in [0.1, 0.15) is 74.7 Å². The second kappa shape index (κ2) is 5.25. The Morgan fingerprint density at radius 2 is 1.56 bits per heavy atom. The lowest BCUT2D eigenvalue weighted by molar-refractivity contribution is 0.634. The molecule has 1 heterocycles. The predicted molar refractivity (Wildman–Crippen MR) is 74.0 cm³/mol. The van der Waals surface area contributed by atoms with Gasteiger partial charge in [-0.1, -0.05) is 25.7 Å². The third kappa shape index (κ3) is 2.36. The lowest BCUT2D eigenvalue weighted by Crippen LogP contribution is -2.08. The number of hydrogen-bond acceptors (Lipinski definition) is 3. The number of nitrogens with zero attached hydrogens (tertiary/aromatic N) is 2. The van der Waals surface area contributed by atoms with Crippen LogP contribution in [-0.4, -0.2) is 17.0 Å². The van der Waals surface area contributed by atoms with Gasteiger partial charge in [-0.25, -0.2) is 9.97 Å². The van der Waals surface area contributed by atoms with Crippen molar-refractivity contribution >= 4 is 5.82 Å². The second-order valence-electron chi connectivity index (χ2n) is 5.75. The van der Waals surface area contributed by atoms with Crippen molar-refractivity contribution in [2.24, 2.45) is 0 Å². The topological polar surface area (TPSA) is 37.8 Å². The molecule has 0 radical (unpaired) electrons. The lowest BCUT2D eigenvalue weighted by Gasteiger charge is -2.15. The summed E-state index contributed by atoms with van der Waals surface area (Å²) in [5.41, 5.74) is 1.29. The Labute approximate surface area is 109 Å². The van der Waals surface area contributed by atoms with Crippen molar-refractivity contribution < 1.29 is 0 Å². The van der Waals surface area contributed by atoms with Crippen LogP contribution in [0.15, 0.2) is 6.07 Å². The van der Waals surface area contributed by atoms with Crippen LogP contribution < -0.4 is 5.32 Å². The molecule has 0 amide bonds. The molecule has 18 heavy (non-hydrogen) atoms. The quantitative estimate of drug-likeness (QED) is 0.879. The number of hydrogen-bond donors (Lipinski definition) is 1. The van der Waals surface area contributed by atoms with Crippen LogP contribution >= 0.6 is 0 Å². The van der Waals surface area contributed by atoms with Crippen molar-refractivity contribution in [3.63, 3.8) is 0 Å². The first-order valence-corrected chi connectivity index (χ1v) is 7.43. The molecule has 3 nitrogen and oxygen atoms in total. The highest BCUT2D eigenvalue weighted by atomic mass is 15.0. The molecule has 3 rings (SSSR count). The molecule has 0 unspecified atom stereocenters. The van der Waals surface area contributed by atoms with E-state index in [2.05, 4.69) is 16.4 Å². The normalized spacial score (nSPS) is 21.6. The van der Waals surface area contributed by atoms with Crippen LogP contribution in [0.3, 0.4) is 0 Å². The molecule has 0 aromatic carbocycles. The Morgan fingerprint density at radius 1 is 0.944 bits per heavy atom. The summed E-state index contributed by atoms with van der Waals surface area (Å²) in [6, 6.07) is 2.16. The molecule has 0 aliphatic heterocycles. The van der Waals surface area contributed by atoms with Crippen LogP contribution in [0.2, 0.25) is 0 Å². The van der Waals surface area contributed by atoms with Gasteiger partial charge in [0.25, 0.3) is 0 Å². The molecule has 0 atom stereocenters. The summed E-state index contributed by atoms with van der Waals surface area (Å²) >= 11 is 0. The van der Waals surface area contributed by atoms with Crippen molar-refractivity contribution in [2.75, 3.05) is 12.4 Å². The maximum atomic E-state index is 4.89. The maximum absolute atomic E-state index is 4.89. The van der Waals surface area contributed by atoms with Crippen molar-refractivity contribution in [3.05, 3.63) is 17.6 Å². The standard InChI is InChI=1S/C15H23N3/c1-16-14-10-13(11-6-2-3-7-11)17-15(18-14)12-8-4-5-9-12/h10-12H,2-9H2,1H3,(H,16,17,18). The summed E-state index contributed by atoms with van der Waals surface area (Å²) in [6.45, 7) is 0. The zero-order valence-electron chi connectivity index (χ0n) is 11.3. The van der Waals surface area contributed by atoms with Crippen LogP contribution in [0, 0.1) is 0 Å². The fourth-order valence-electron chi connectivity index (χ4n) is 3.41. The minimum atomic E-state index is 0.610. The van der Waals surface area contributed by atoms with Crippen LogP contribution in [0.4, 0.5) is 5.82 Å². The number of anilines is 1. The van der Waals surface area contributed by atoms with Gasteiger partial charge < -0.3 is 5.32 Å². The first-order chi connectivity index (χ1) is 8.86. The molecule has 3 heteroatoms. The van der Waals surface area contributed by atoms with Crippen LogP contribution in [0.5, 0.6) is 0 Å². The second-order valence-corrected chi connectivity index (χ2v) is 5.75. The van der Waals surface area contributed by atoms with Gasteiger partial charge in [0.2, 0.25) is 0 Å². The van der Waals surface area contributed by atoms with Crippen molar-refractivity contribution in [1.29, 1.82) is 0 Å². The van der Waals surface area contributed by atoms with E-state index in [1.807, 2.05) is 7.05 Å². The fraction of sp³-hybridized carbons (Fsp3) is 0.733. The molecule has 2 saturated carbocycles. The number of nitrogens with one attached hydrogen (secondary N) is 1. The minimum absolute atomic E-state index is 0.610. The number of aromatic nitrogens is 2. The zero-order valence-corrected chi connectivity index (χ0v) is 11.3. The molecule has 1 aromatic heterocycles. The molecule has 2 aliphatic carbocycles. The molecular formula is C15H23N3. The van der Waals surface area contributed by atoms with Crippen LogP contribution in [0.25, 0.3) is 0 Å². The first-order valence-electron chi connectivity index (χ1n) is 7.43. The van der Waals surface area contributed by atoms with Crippen LogP contribution in [-0.2, 0) is 0 Å². The molecule has 1 aromatic rings. The van der Waals surface area contributed by atoms with Gasteiger partial charge >= 0.3 is 0 Å². The Balaban J connectivity index is 1.90. The largest absolute Gasteiger partial charge is 0.373 e. The molecule has 2 aliphatic rings. The molecule has 98 valence electrons. The monoisotopic (exact) mass is 245 g/mol. The highest BCUT2D eigenvalue weighted by molar-refractivity contribution is 5.37. The molecular weight excluding hydrogens is 222 g/mol. The summed E-state index contributed by atoms with van der Waals surface area (Å²) in [5.74, 6) is 3.40. The SMILES string of the molecule is CNc1cc(C2CCCC2)nc(C2CCCC2)n1. The third-order valence-electron chi connectivity index (χ3n) is 4.51. The molecule has 0 saturated heterocycles. The summed E-state index contributed by atoms with van der Waals surface area (Å²) in [4.78, 5) is 9.58. The van der Waals surface area contributed by atoms with E-state index in [0.717, 1.165) is 11.6 Å². The zero-order chi connectivity index (χ0) is 12.4. The van der Waals surface area contributed by atoms with Crippen molar-refractivity contribution in [1.82, 2.24) is 9.97 Å². The molecule has 0 bridgehead atoms. The van der Waals surface area contributed by atoms with Gasteiger partial charge in [0.1, 0.15) is 11.6 Å². The average molecular weight is 245 g/mol. The van der Waals surface area contributed by atoms with Gasteiger partial charge in [0, 0.05) is 30.6 Å². The van der Waals surface area contributed by atoms with E-state index < -0.39 is 0 Å². The average Bonchev–Trinajstić information content (AvgIpc) is 3.10. The van der Waals surface area contributed by atoms with Crippen molar-refractivity contribution in [2.45, 2.75) is 63.2 Å². The Kier molecular flexibility index (Phi) is 3.48. The smallest absolute Gasteiger partial charge is 0.134 e. The van der Waals surface area contributed by atoms with Gasteiger partial charge in [-0.05, 0) is 25.7 Å². The summed E-state index contributed by atoms with van der Waals surface area (Å²) in [7, 11) is 1.96. The summed E-state index contributed by atoms with van der Waals surface area (Å²) in [6.07, 6.45) is 10.6. The van der Waals surface area contributed by atoms with E-state index in [4.69, 9.17) is 4.98 Å². The third-order valence-corrected chi connectivity index (χ3v) is 4.51. The fourth-order valence-corrected chi connectivity index (χ4v) is 3.41. The maximum Gasteiger partial charge on any atom is 0.134 e. The Bertz CT molecular complexity index is 370. The molecule has 1 N–H and O–H groups in total. The van der Waals surface area contributed by atoms with E-state index >= 15 is 0 Å². The highest BCUT2D eigenvalue weighted by Crippen LogP contribution is 2.36. The number of rotatable bonds is 3. The Morgan fingerprint density at radius 3 is 2.17 bits per heavy atom. The van der Waals surface area contributed by atoms with E-state index in [0.29, 0.717) is 11.8 Å². The summed E-state index contributed by atoms with van der Waals surface area (Å²) < 4.78 is 0. The van der Waals surface area contributed by atoms with Crippen molar-refractivity contribution in [3.8, 4) is 0 Å². The van der Waals surface area contributed by atoms with Gasteiger partial charge in [-0.3, -0.25) is 0 Å². The van der Waals surface area contributed by atoms with Gasteiger partial charge in [0.15, 0.2) is 0 Å². The van der Waals surface area contributed by atoms with E-state index in [1.165, 1.54) is 57.1 Å². The molecule has 2 fully saturated rings. The van der Waals surface area contributed by atoms with Gasteiger partial charge in [-0.15, -0.1) is 0 Å². The van der Waals surface area contributed by atoms with E-state index in [1.54, 1.807) is 0 Å². The van der Waals surface area contributed by atoms with Gasteiger partial charge in [-0.2, -0.15) is 0 Å². The van der Waals surface area contributed by atoms with E-state index in [9.17, 15) is 0 Å². The Hall–Kier alpha value is -1.12. The predicted octanol–water partition coefficient (Wildman–Crippen LogP) is 3.83.